The van der Waals surface area contributed by atoms with Crippen LogP contribution in [0.3, 0.4) is 0 Å². The summed E-state index contributed by atoms with van der Waals surface area (Å²) in [7, 11) is 0. The molecule has 1 N–H and O–H groups in total. The summed E-state index contributed by atoms with van der Waals surface area (Å²) in [6, 6.07) is 0. The molecule has 0 heterocycles. The van der Waals surface area contributed by atoms with Gasteiger partial charge in [0.2, 0.25) is 0 Å². The van der Waals surface area contributed by atoms with Crippen LogP contribution in [0.15, 0.2) is 0 Å². The van der Waals surface area contributed by atoms with E-state index in [1.54, 1.807) is 0 Å². The summed E-state index contributed by atoms with van der Waals surface area (Å²) in [5.74, 6) is -1.38. The van der Waals surface area contributed by atoms with E-state index >= 15 is 0 Å². The molecule has 0 aliphatic carbocycles. The molecular formula is C16H31NaO5. The third-order valence-electron chi connectivity index (χ3n) is 3.24. The van der Waals surface area contributed by atoms with Gasteiger partial charge in [0.15, 0.2) is 6.61 Å². The second-order valence-corrected chi connectivity index (χ2v) is 5.22. The number of hydrogen-bond donors (Lipinski definition) is 1. The molecule has 0 aromatic heterocycles. The zero-order chi connectivity index (χ0) is 15.8. The summed E-state index contributed by atoms with van der Waals surface area (Å²) in [4.78, 5) is 21.7. The molecule has 0 aliphatic rings. The van der Waals surface area contributed by atoms with Crippen LogP contribution in [0.5, 0.6) is 0 Å². The Labute approximate surface area is 157 Å². The Morgan fingerprint density at radius 3 is 1.82 bits per heavy atom. The van der Waals surface area contributed by atoms with Gasteiger partial charge in [0, 0.05) is 0 Å². The number of rotatable bonds is 14. The van der Waals surface area contributed by atoms with Crippen molar-refractivity contribution in [1.82, 2.24) is 0 Å². The van der Waals surface area contributed by atoms with Crippen molar-refractivity contribution in [3.8, 4) is 0 Å². The summed E-state index contributed by atoms with van der Waals surface area (Å²) in [6.45, 7) is 1.46. The summed E-state index contributed by atoms with van der Waals surface area (Å²) >= 11 is 0. The minimum atomic E-state index is -0.814. The molecule has 0 radical (unpaired) electrons. The van der Waals surface area contributed by atoms with Gasteiger partial charge in [-0.1, -0.05) is 64.7 Å². The predicted molar refractivity (Wildman–Crippen MR) is 82.0 cm³/mol. The van der Waals surface area contributed by atoms with Crippen molar-refractivity contribution in [3.63, 3.8) is 0 Å². The quantitative estimate of drug-likeness (QED) is 0.278. The zero-order valence-electron chi connectivity index (χ0n) is 15.3. The minimum Gasteiger partial charge on any atom is -1.00 e. The molecule has 0 spiro atoms. The SMILES string of the molecule is CCCCCCCCCCCCOC(=O)COC(=O)CO.[H-].[Na+]. The zero-order valence-corrected chi connectivity index (χ0v) is 16.3. The van der Waals surface area contributed by atoms with Crippen LogP contribution in [0, 0.1) is 0 Å². The fourth-order valence-corrected chi connectivity index (χ4v) is 2.00. The molecule has 0 fully saturated rings. The van der Waals surface area contributed by atoms with Crippen molar-refractivity contribution in [1.29, 1.82) is 0 Å². The number of aliphatic hydroxyl groups is 1. The number of carbonyl (C=O) groups is 2. The smallest absolute Gasteiger partial charge is 1.00 e. The van der Waals surface area contributed by atoms with Gasteiger partial charge in [-0.3, -0.25) is 0 Å². The van der Waals surface area contributed by atoms with Crippen molar-refractivity contribution in [2.24, 2.45) is 0 Å². The van der Waals surface area contributed by atoms with Crippen LogP contribution in [-0.2, 0) is 19.1 Å². The first-order valence-electron chi connectivity index (χ1n) is 8.12. The average molecular weight is 326 g/mol. The van der Waals surface area contributed by atoms with Gasteiger partial charge in [-0.2, -0.15) is 0 Å². The van der Waals surface area contributed by atoms with Crippen molar-refractivity contribution < 1.29 is 55.2 Å². The van der Waals surface area contributed by atoms with E-state index in [0.29, 0.717) is 6.61 Å². The monoisotopic (exact) mass is 326 g/mol. The minimum absolute atomic E-state index is 0. The van der Waals surface area contributed by atoms with Crippen molar-refractivity contribution in [3.05, 3.63) is 0 Å². The van der Waals surface area contributed by atoms with Gasteiger partial charge >= 0.3 is 41.5 Å². The first kappa shape index (κ1) is 24.2. The van der Waals surface area contributed by atoms with E-state index in [0.717, 1.165) is 12.8 Å². The third-order valence-corrected chi connectivity index (χ3v) is 3.24. The van der Waals surface area contributed by atoms with E-state index in [4.69, 9.17) is 9.84 Å². The van der Waals surface area contributed by atoms with Crippen LogP contribution >= 0.6 is 0 Å². The molecule has 0 aliphatic heterocycles. The summed E-state index contributed by atoms with van der Waals surface area (Å²) in [5.41, 5.74) is 0. The molecule has 5 nitrogen and oxygen atoms in total. The average Bonchev–Trinajstić information content (AvgIpc) is 2.50. The standard InChI is InChI=1S/C16H30O5.Na.H/c1-2-3-4-5-6-7-8-9-10-11-12-20-16(19)14-21-15(18)13-17;;/h17H,2-14H2,1H3;;/q;+1;-1. The number of esters is 2. The van der Waals surface area contributed by atoms with Crippen molar-refractivity contribution in [2.75, 3.05) is 19.8 Å². The number of hydrogen-bond acceptors (Lipinski definition) is 5. The second-order valence-electron chi connectivity index (χ2n) is 5.22. The van der Waals surface area contributed by atoms with E-state index in [9.17, 15) is 9.59 Å². The first-order valence-corrected chi connectivity index (χ1v) is 8.12. The first-order chi connectivity index (χ1) is 10.2. The summed E-state index contributed by atoms with van der Waals surface area (Å²) in [6.07, 6.45) is 12.3. The fourth-order valence-electron chi connectivity index (χ4n) is 2.00. The Morgan fingerprint density at radius 2 is 1.32 bits per heavy atom. The van der Waals surface area contributed by atoms with Crippen LogP contribution in [0.4, 0.5) is 0 Å². The van der Waals surface area contributed by atoms with Gasteiger partial charge in [0.1, 0.15) is 6.61 Å². The van der Waals surface area contributed by atoms with Gasteiger partial charge in [0.25, 0.3) is 0 Å². The van der Waals surface area contributed by atoms with E-state index in [-0.39, 0.29) is 31.0 Å². The Kier molecular flexibility index (Phi) is 20.8. The Balaban J connectivity index is -0.00000200. The number of carbonyl (C=O) groups excluding carboxylic acids is 2. The van der Waals surface area contributed by atoms with E-state index in [1.807, 2.05) is 0 Å². The molecule has 6 heteroatoms. The normalized spacial score (nSPS) is 9.91. The molecule has 0 aromatic carbocycles. The second kappa shape index (κ2) is 18.9. The number of ether oxygens (including phenoxy) is 2. The maximum absolute atomic E-state index is 11.1. The molecule has 22 heavy (non-hydrogen) atoms. The summed E-state index contributed by atoms with van der Waals surface area (Å²) in [5, 5.41) is 8.40. The molecule has 0 saturated carbocycles. The predicted octanol–water partition coefficient (Wildman–Crippen LogP) is 0.103. The largest absolute Gasteiger partial charge is 1.00 e. The molecule has 0 rings (SSSR count). The summed E-state index contributed by atoms with van der Waals surface area (Å²) < 4.78 is 9.35. The van der Waals surface area contributed by atoms with Crippen molar-refractivity contribution >= 4 is 11.9 Å². The van der Waals surface area contributed by atoms with Crippen LogP contribution in [0.25, 0.3) is 0 Å². The Hall–Kier alpha value is -0.100. The maximum atomic E-state index is 11.1. The molecule has 0 unspecified atom stereocenters. The van der Waals surface area contributed by atoms with Crippen LogP contribution < -0.4 is 29.6 Å². The van der Waals surface area contributed by atoms with Gasteiger partial charge in [0.05, 0.1) is 6.61 Å². The molecule has 0 saturated heterocycles. The van der Waals surface area contributed by atoms with Gasteiger partial charge in [-0.25, -0.2) is 9.59 Å². The van der Waals surface area contributed by atoms with E-state index in [1.165, 1.54) is 51.4 Å². The maximum Gasteiger partial charge on any atom is 1.00 e. The molecule has 0 bridgehead atoms. The van der Waals surface area contributed by atoms with Crippen LogP contribution in [0.2, 0.25) is 0 Å². The third kappa shape index (κ3) is 18.0. The molecule has 126 valence electrons. The van der Waals surface area contributed by atoms with Crippen LogP contribution in [0.1, 0.15) is 72.6 Å². The molecular weight excluding hydrogens is 295 g/mol. The Morgan fingerprint density at radius 1 is 0.818 bits per heavy atom. The van der Waals surface area contributed by atoms with Gasteiger partial charge in [-0.05, 0) is 6.42 Å². The molecule has 0 aromatic rings. The van der Waals surface area contributed by atoms with E-state index in [2.05, 4.69) is 11.7 Å². The van der Waals surface area contributed by atoms with E-state index < -0.39 is 25.2 Å². The van der Waals surface area contributed by atoms with Gasteiger partial charge < -0.3 is 16.0 Å². The van der Waals surface area contributed by atoms with Crippen LogP contribution in [-0.4, -0.2) is 36.9 Å². The topological polar surface area (TPSA) is 72.8 Å². The number of aliphatic hydroxyl groups excluding tert-OH is 1. The Bertz CT molecular complexity index is 277. The fraction of sp³-hybridized carbons (Fsp3) is 0.875. The molecule has 0 amide bonds. The van der Waals surface area contributed by atoms with Crippen molar-refractivity contribution in [2.45, 2.75) is 71.1 Å². The van der Waals surface area contributed by atoms with Gasteiger partial charge in [-0.15, -0.1) is 0 Å². The molecule has 0 atom stereocenters. The number of unbranched alkanes of at least 4 members (excludes halogenated alkanes) is 9.